The molecular weight excluding hydrogens is 430 g/mol. The average Bonchev–Trinajstić information content (AvgIpc) is 3.37. The SMILES string of the molecule is Cn1nc(CN(Cc2ccco2)C(=O)c2cc(Br)ccc2Cl)c2c1CCC2. The van der Waals surface area contributed by atoms with E-state index in [1.54, 1.807) is 23.3 Å². The predicted molar refractivity (Wildman–Crippen MR) is 107 cm³/mol. The number of fused-ring (bicyclic) bond motifs is 1. The summed E-state index contributed by atoms with van der Waals surface area (Å²) in [6.07, 6.45) is 4.81. The van der Waals surface area contributed by atoms with Gasteiger partial charge < -0.3 is 9.32 Å². The van der Waals surface area contributed by atoms with Gasteiger partial charge in [0.05, 0.1) is 35.6 Å². The number of carbonyl (C=O) groups is 1. The fourth-order valence-corrected chi connectivity index (χ4v) is 4.19. The molecule has 0 saturated carbocycles. The molecule has 0 aliphatic heterocycles. The van der Waals surface area contributed by atoms with Crippen LogP contribution in [-0.4, -0.2) is 20.6 Å². The van der Waals surface area contributed by atoms with Gasteiger partial charge in [0.2, 0.25) is 0 Å². The number of rotatable bonds is 5. The van der Waals surface area contributed by atoms with Crippen molar-refractivity contribution in [3.8, 4) is 0 Å². The number of aryl methyl sites for hydroxylation is 1. The number of benzene rings is 1. The highest BCUT2D eigenvalue weighted by Crippen LogP contribution is 2.28. The maximum absolute atomic E-state index is 13.3. The minimum absolute atomic E-state index is 0.143. The Labute approximate surface area is 171 Å². The van der Waals surface area contributed by atoms with Gasteiger partial charge in [-0.2, -0.15) is 5.10 Å². The Morgan fingerprint density at radius 1 is 1.33 bits per heavy atom. The maximum Gasteiger partial charge on any atom is 0.256 e. The molecule has 1 aliphatic carbocycles. The molecule has 1 amide bonds. The van der Waals surface area contributed by atoms with Crippen LogP contribution in [0, 0.1) is 0 Å². The maximum atomic E-state index is 13.3. The lowest BCUT2D eigenvalue weighted by Crippen LogP contribution is -2.30. The van der Waals surface area contributed by atoms with Crippen LogP contribution in [0.25, 0.3) is 0 Å². The fraction of sp³-hybridized carbons (Fsp3) is 0.300. The first kappa shape index (κ1) is 18.3. The van der Waals surface area contributed by atoms with Crippen LogP contribution in [0.3, 0.4) is 0 Å². The van der Waals surface area contributed by atoms with Crippen LogP contribution in [0.4, 0.5) is 0 Å². The molecule has 27 heavy (non-hydrogen) atoms. The normalized spacial score (nSPS) is 13.0. The summed E-state index contributed by atoms with van der Waals surface area (Å²) in [5.74, 6) is 0.581. The summed E-state index contributed by atoms with van der Waals surface area (Å²) < 4.78 is 8.23. The number of carbonyl (C=O) groups excluding carboxylic acids is 1. The third kappa shape index (κ3) is 3.69. The third-order valence-corrected chi connectivity index (χ3v) is 5.73. The van der Waals surface area contributed by atoms with Crippen molar-refractivity contribution in [2.75, 3.05) is 0 Å². The van der Waals surface area contributed by atoms with Gasteiger partial charge in [0.25, 0.3) is 5.91 Å². The fourth-order valence-electron chi connectivity index (χ4n) is 3.63. The van der Waals surface area contributed by atoms with Crippen LogP contribution in [0.15, 0.2) is 45.5 Å². The highest BCUT2D eigenvalue weighted by molar-refractivity contribution is 9.10. The number of hydrogen-bond donors (Lipinski definition) is 0. The summed E-state index contributed by atoms with van der Waals surface area (Å²) in [5.41, 5.74) is 3.96. The molecule has 7 heteroatoms. The highest BCUT2D eigenvalue weighted by Gasteiger charge is 2.26. The quantitative estimate of drug-likeness (QED) is 0.565. The van der Waals surface area contributed by atoms with E-state index in [9.17, 15) is 4.79 Å². The molecule has 0 spiro atoms. The Bertz CT molecular complexity index is 982. The van der Waals surface area contributed by atoms with Crippen LogP contribution in [-0.2, 0) is 33.0 Å². The first-order valence-corrected chi connectivity index (χ1v) is 10.0. The molecule has 4 rings (SSSR count). The number of amides is 1. The van der Waals surface area contributed by atoms with Crippen molar-refractivity contribution in [2.45, 2.75) is 32.4 Å². The van der Waals surface area contributed by atoms with E-state index < -0.39 is 0 Å². The zero-order valence-corrected chi connectivity index (χ0v) is 17.3. The molecule has 0 fully saturated rings. The van der Waals surface area contributed by atoms with Crippen LogP contribution in [0.2, 0.25) is 5.02 Å². The van der Waals surface area contributed by atoms with Gasteiger partial charge in [-0.25, -0.2) is 0 Å². The minimum atomic E-state index is -0.143. The summed E-state index contributed by atoms with van der Waals surface area (Å²) in [7, 11) is 1.97. The van der Waals surface area contributed by atoms with Gasteiger partial charge in [0, 0.05) is 17.2 Å². The molecule has 140 valence electrons. The summed E-state index contributed by atoms with van der Waals surface area (Å²) in [5, 5.41) is 5.10. The van der Waals surface area contributed by atoms with Crippen LogP contribution >= 0.6 is 27.5 Å². The zero-order chi connectivity index (χ0) is 19.0. The van der Waals surface area contributed by atoms with E-state index in [1.165, 1.54) is 11.3 Å². The molecule has 3 aromatic rings. The monoisotopic (exact) mass is 447 g/mol. The van der Waals surface area contributed by atoms with E-state index in [0.29, 0.717) is 23.7 Å². The summed E-state index contributed by atoms with van der Waals surface area (Å²) in [6, 6.07) is 8.99. The smallest absolute Gasteiger partial charge is 0.256 e. The van der Waals surface area contributed by atoms with Gasteiger partial charge in [0.1, 0.15) is 5.76 Å². The second-order valence-electron chi connectivity index (χ2n) is 6.71. The van der Waals surface area contributed by atoms with Gasteiger partial charge in [-0.1, -0.05) is 27.5 Å². The molecule has 0 N–H and O–H groups in total. The molecule has 2 aromatic heterocycles. The molecule has 1 aromatic carbocycles. The van der Waals surface area contributed by atoms with Crippen molar-refractivity contribution in [2.24, 2.45) is 7.05 Å². The standard InChI is InChI=1S/C20H19BrClN3O2/c1-24-19-6-2-5-15(19)18(23-24)12-25(11-14-4-3-9-27-14)20(26)16-10-13(21)7-8-17(16)22/h3-4,7-10H,2,5-6,11-12H2,1H3. The zero-order valence-electron chi connectivity index (χ0n) is 14.9. The largest absolute Gasteiger partial charge is 0.467 e. The van der Waals surface area contributed by atoms with Crippen molar-refractivity contribution in [1.82, 2.24) is 14.7 Å². The number of furan rings is 1. The number of nitrogens with zero attached hydrogens (tertiary/aromatic N) is 3. The predicted octanol–water partition coefficient (Wildman–Crippen LogP) is 4.76. The number of halogens is 2. The third-order valence-electron chi connectivity index (χ3n) is 4.91. The molecule has 0 saturated heterocycles. The topological polar surface area (TPSA) is 51.3 Å². The molecule has 2 heterocycles. The Hall–Kier alpha value is -2.05. The van der Waals surface area contributed by atoms with E-state index in [-0.39, 0.29) is 5.91 Å². The Balaban J connectivity index is 1.68. The lowest BCUT2D eigenvalue weighted by atomic mass is 10.1. The van der Waals surface area contributed by atoms with Crippen molar-refractivity contribution in [3.05, 3.63) is 74.4 Å². The lowest BCUT2D eigenvalue weighted by molar-refractivity contribution is 0.0715. The summed E-state index contributed by atoms with van der Waals surface area (Å²) >= 11 is 9.73. The summed E-state index contributed by atoms with van der Waals surface area (Å²) in [6.45, 7) is 0.783. The summed E-state index contributed by atoms with van der Waals surface area (Å²) in [4.78, 5) is 15.0. The Morgan fingerprint density at radius 3 is 2.96 bits per heavy atom. The van der Waals surface area contributed by atoms with Gasteiger partial charge >= 0.3 is 0 Å². The van der Waals surface area contributed by atoms with E-state index in [2.05, 4.69) is 21.0 Å². The van der Waals surface area contributed by atoms with Crippen molar-refractivity contribution < 1.29 is 9.21 Å². The molecule has 0 radical (unpaired) electrons. The van der Waals surface area contributed by atoms with Gasteiger partial charge in [-0.3, -0.25) is 9.48 Å². The van der Waals surface area contributed by atoms with E-state index >= 15 is 0 Å². The lowest BCUT2D eigenvalue weighted by Gasteiger charge is -2.22. The molecule has 0 unspecified atom stereocenters. The van der Waals surface area contributed by atoms with Gasteiger partial charge in [0.15, 0.2) is 0 Å². The van der Waals surface area contributed by atoms with Gasteiger partial charge in [-0.05, 0) is 55.2 Å². The second kappa shape index (κ2) is 7.52. The van der Waals surface area contributed by atoms with Crippen LogP contribution in [0.5, 0.6) is 0 Å². The first-order chi connectivity index (χ1) is 13.0. The average molecular weight is 449 g/mol. The number of hydrogen-bond acceptors (Lipinski definition) is 3. The first-order valence-electron chi connectivity index (χ1n) is 8.83. The van der Waals surface area contributed by atoms with E-state index in [0.717, 1.165) is 35.2 Å². The highest BCUT2D eigenvalue weighted by atomic mass is 79.9. The molecule has 1 aliphatic rings. The van der Waals surface area contributed by atoms with E-state index in [1.807, 2.05) is 29.9 Å². The van der Waals surface area contributed by atoms with Crippen LogP contribution in [0.1, 0.15) is 39.5 Å². The number of aromatic nitrogens is 2. The Kier molecular flexibility index (Phi) is 5.10. The van der Waals surface area contributed by atoms with Crippen molar-refractivity contribution >= 4 is 33.4 Å². The Morgan fingerprint density at radius 2 is 2.19 bits per heavy atom. The molecule has 0 bridgehead atoms. The molecular formula is C20H19BrClN3O2. The minimum Gasteiger partial charge on any atom is -0.467 e. The van der Waals surface area contributed by atoms with Crippen molar-refractivity contribution in [1.29, 1.82) is 0 Å². The van der Waals surface area contributed by atoms with Gasteiger partial charge in [-0.15, -0.1) is 0 Å². The van der Waals surface area contributed by atoms with Crippen molar-refractivity contribution in [3.63, 3.8) is 0 Å². The molecule has 5 nitrogen and oxygen atoms in total. The second-order valence-corrected chi connectivity index (χ2v) is 8.04. The van der Waals surface area contributed by atoms with E-state index in [4.69, 9.17) is 16.0 Å². The molecule has 0 atom stereocenters. The van der Waals surface area contributed by atoms with Crippen LogP contribution < -0.4 is 0 Å².